The number of benzene rings is 1. The molecule has 0 aliphatic heterocycles. The van der Waals surface area contributed by atoms with Crippen LogP contribution in [0.15, 0.2) is 30.5 Å². The van der Waals surface area contributed by atoms with E-state index in [0.29, 0.717) is 0 Å². The van der Waals surface area contributed by atoms with Crippen molar-refractivity contribution in [3.8, 4) is 0 Å². The van der Waals surface area contributed by atoms with Gasteiger partial charge in [0.25, 0.3) is 5.91 Å². The van der Waals surface area contributed by atoms with Gasteiger partial charge in [-0.1, -0.05) is 40.9 Å². The number of rotatable bonds is 2. The first-order chi connectivity index (χ1) is 9.00. The molecule has 0 aliphatic rings. The van der Waals surface area contributed by atoms with Crippen LogP contribution in [0.25, 0.3) is 0 Å². The van der Waals surface area contributed by atoms with Gasteiger partial charge >= 0.3 is 0 Å². The summed E-state index contributed by atoms with van der Waals surface area (Å²) >= 11 is 17.2. The molecule has 0 unspecified atom stereocenters. The van der Waals surface area contributed by atoms with E-state index in [1.165, 1.54) is 18.3 Å². The average molecular weight is 320 g/mol. The molecule has 2 aromatic rings. The fourth-order valence-corrected chi connectivity index (χ4v) is 1.93. The van der Waals surface area contributed by atoms with E-state index in [0.717, 1.165) is 0 Å². The van der Waals surface area contributed by atoms with Gasteiger partial charge in [-0.3, -0.25) is 4.79 Å². The van der Waals surface area contributed by atoms with Crippen molar-refractivity contribution in [2.24, 2.45) is 0 Å². The number of nitrogens with one attached hydrogen (secondary N) is 1. The van der Waals surface area contributed by atoms with Crippen molar-refractivity contribution in [2.75, 3.05) is 5.32 Å². The van der Waals surface area contributed by atoms with Crippen LogP contribution >= 0.6 is 34.8 Å². The van der Waals surface area contributed by atoms with E-state index in [1.54, 1.807) is 12.1 Å². The predicted octanol–water partition coefficient (Wildman–Crippen LogP) is 4.43. The lowest BCUT2D eigenvalue weighted by Crippen LogP contribution is -2.14. The number of pyridine rings is 1. The van der Waals surface area contributed by atoms with Crippen molar-refractivity contribution in [1.29, 1.82) is 0 Å². The highest BCUT2D eigenvalue weighted by Gasteiger charge is 2.15. The van der Waals surface area contributed by atoms with Crippen LogP contribution in [-0.4, -0.2) is 10.9 Å². The molecule has 0 saturated heterocycles. The molecule has 0 spiro atoms. The highest BCUT2D eigenvalue weighted by Crippen LogP contribution is 2.27. The molecule has 0 bridgehead atoms. The number of carbonyl (C=O) groups excluding carboxylic acids is 1. The Morgan fingerprint density at radius 2 is 1.95 bits per heavy atom. The van der Waals surface area contributed by atoms with Crippen LogP contribution in [0.1, 0.15) is 10.4 Å². The molecule has 7 heteroatoms. The minimum absolute atomic E-state index is 0.0824. The molecule has 0 fully saturated rings. The van der Waals surface area contributed by atoms with Crippen LogP contribution in [0.2, 0.25) is 15.2 Å². The minimum atomic E-state index is -0.810. The summed E-state index contributed by atoms with van der Waals surface area (Å²) in [6, 6.07) is 5.88. The lowest BCUT2D eigenvalue weighted by Gasteiger charge is -2.08. The third-order valence-electron chi connectivity index (χ3n) is 2.29. The molecule has 2 rings (SSSR count). The van der Waals surface area contributed by atoms with E-state index >= 15 is 0 Å². The molecular formula is C12H6Cl3FN2O. The van der Waals surface area contributed by atoms with Crippen molar-refractivity contribution in [3.63, 3.8) is 0 Å². The van der Waals surface area contributed by atoms with Crippen LogP contribution < -0.4 is 5.32 Å². The van der Waals surface area contributed by atoms with Gasteiger partial charge in [0.15, 0.2) is 11.0 Å². The van der Waals surface area contributed by atoms with Gasteiger partial charge in [-0.05, 0) is 18.2 Å². The predicted molar refractivity (Wildman–Crippen MR) is 73.6 cm³/mol. The van der Waals surface area contributed by atoms with Crippen LogP contribution in [-0.2, 0) is 0 Å². The quantitative estimate of drug-likeness (QED) is 0.832. The number of anilines is 1. The molecule has 0 saturated carbocycles. The van der Waals surface area contributed by atoms with Crippen molar-refractivity contribution >= 4 is 46.4 Å². The fourth-order valence-electron chi connectivity index (χ4n) is 1.38. The molecule has 98 valence electrons. The van der Waals surface area contributed by atoms with E-state index in [4.69, 9.17) is 34.8 Å². The highest BCUT2D eigenvalue weighted by atomic mass is 35.5. The Morgan fingerprint density at radius 1 is 1.21 bits per heavy atom. The Labute approximate surface area is 123 Å². The smallest absolute Gasteiger partial charge is 0.257 e. The van der Waals surface area contributed by atoms with Gasteiger partial charge in [0.1, 0.15) is 0 Å². The molecule has 1 amide bonds. The summed E-state index contributed by atoms with van der Waals surface area (Å²) in [5.41, 5.74) is 0.0579. The maximum Gasteiger partial charge on any atom is 0.257 e. The second-order valence-corrected chi connectivity index (χ2v) is 4.66. The van der Waals surface area contributed by atoms with Crippen molar-refractivity contribution < 1.29 is 9.18 Å². The van der Waals surface area contributed by atoms with Crippen LogP contribution in [0.4, 0.5) is 10.1 Å². The number of nitrogens with zero attached hydrogens (tertiary/aromatic N) is 1. The fraction of sp³-hybridized carbons (Fsp3) is 0. The monoisotopic (exact) mass is 318 g/mol. The third kappa shape index (κ3) is 2.97. The Bertz CT molecular complexity index is 649. The van der Waals surface area contributed by atoms with Gasteiger partial charge in [-0.2, -0.15) is 0 Å². The van der Waals surface area contributed by atoms with E-state index in [-0.39, 0.29) is 26.4 Å². The van der Waals surface area contributed by atoms with E-state index in [9.17, 15) is 9.18 Å². The zero-order valence-electron chi connectivity index (χ0n) is 9.25. The molecule has 0 aliphatic carbocycles. The van der Waals surface area contributed by atoms with Gasteiger partial charge in [0, 0.05) is 6.20 Å². The first-order valence-corrected chi connectivity index (χ1v) is 6.19. The Kier molecular flexibility index (Phi) is 4.24. The lowest BCUT2D eigenvalue weighted by molar-refractivity contribution is 0.102. The molecule has 1 heterocycles. The number of hydrogen-bond donors (Lipinski definition) is 1. The summed E-state index contributed by atoms with van der Waals surface area (Å²) in [6.07, 6.45) is 1.28. The molecule has 1 N–H and O–H groups in total. The van der Waals surface area contributed by atoms with Crippen LogP contribution in [0.3, 0.4) is 0 Å². The summed E-state index contributed by atoms with van der Waals surface area (Å²) in [5, 5.41) is 2.37. The van der Waals surface area contributed by atoms with Crippen LogP contribution in [0, 0.1) is 5.82 Å². The number of halogens is 4. The first kappa shape index (κ1) is 14.1. The molecule has 1 aromatic carbocycles. The topological polar surface area (TPSA) is 42.0 Å². The molecule has 1 aromatic heterocycles. The standard InChI is InChI=1S/C12H6Cl3FN2O/c13-7-3-1-2-6(9(7)14)12(19)18-8-4-5-17-11(15)10(8)16/h1-5H,(H,17,18,19). The second-order valence-electron chi connectivity index (χ2n) is 3.52. The zero-order chi connectivity index (χ0) is 14.0. The van der Waals surface area contributed by atoms with E-state index < -0.39 is 11.7 Å². The SMILES string of the molecule is O=C(Nc1ccnc(Cl)c1F)c1cccc(Cl)c1Cl. The summed E-state index contributed by atoms with van der Waals surface area (Å²) in [4.78, 5) is 15.5. The number of carbonyl (C=O) groups is 1. The van der Waals surface area contributed by atoms with Gasteiger partial charge in [-0.25, -0.2) is 9.37 Å². The highest BCUT2D eigenvalue weighted by molar-refractivity contribution is 6.44. The number of hydrogen-bond acceptors (Lipinski definition) is 2. The first-order valence-electron chi connectivity index (χ1n) is 5.06. The van der Waals surface area contributed by atoms with Gasteiger partial charge in [0.05, 0.1) is 21.3 Å². The summed E-state index contributed by atoms with van der Waals surface area (Å²) < 4.78 is 13.6. The van der Waals surface area contributed by atoms with Crippen molar-refractivity contribution in [1.82, 2.24) is 4.98 Å². The normalized spacial score (nSPS) is 10.3. The summed E-state index contributed by atoms with van der Waals surface area (Å²) in [7, 11) is 0. The Hall–Kier alpha value is -1.36. The maximum absolute atomic E-state index is 13.6. The Balaban J connectivity index is 2.31. The molecule has 3 nitrogen and oxygen atoms in total. The third-order valence-corrected chi connectivity index (χ3v) is 3.37. The largest absolute Gasteiger partial charge is 0.319 e. The zero-order valence-corrected chi connectivity index (χ0v) is 11.5. The van der Waals surface area contributed by atoms with E-state index in [1.807, 2.05) is 0 Å². The van der Waals surface area contributed by atoms with Crippen LogP contribution in [0.5, 0.6) is 0 Å². The van der Waals surface area contributed by atoms with Gasteiger partial charge in [-0.15, -0.1) is 0 Å². The second kappa shape index (κ2) is 5.74. The van der Waals surface area contributed by atoms with Crippen molar-refractivity contribution in [3.05, 3.63) is 57.0 Å². The molecule has 19 heavy (non-hydrogen) atoms. The summed E-state index contributed by atoms with van der Waals surface area (Å²) in [5.74, 6) is -1.40. The molecule has 0 atom stereocenters. The molecule has 0 radical (unpaired) electrons. The average Bonchev–Trinajstić information content (AvgIpc) is 2.38. The van der Waals surface area contributed by atoms with E-state index in [2.05, 4.69) is 10.3 Å². The number of aromatic nitrogens is 1. The maximum atomic E-state index is 13.6. The van der Waals surface area contributed by atoms with Gasteiger partial charge < -0.3 is 5.32 Å². The van der Waals surface area contributed by atoms with Crippen molar-refractivity contribution in [2.45, 2.75) is 0 Å². The Morgan fingerprint density at radius 3 is 2.68 bits per heavy atom. The summed E-state index contributed by atoms with van der Waals surface area (Å²) in [6.45, 7) is 0. The lowest BCUT2D eigenvalue weighted by atomic mass is 10.2. The van der Waals surface area contributed by atoms with Gasteiger partial charge in [0.2, 0.25) is 0 Å². The molecular weight excluding hydrogens is 314 g/mol. The number of amides is 1. The minimum Gasteiger partial charge on any atom is -0.319 e.